The number of nitrogens with zero attached hydrogens (tertiary/aromatic N) is 1. The van der Waals surface area contributed by atoms with Crippen molar-refractivity contribution in [1.29, 1.82) is 0 Å². The minimum atomic E-state index is -0.280. The standard InChI is InChI=1S/C15H15Cl2NO3S/c1-3-5-18-14(19)12(22-15(18)20)8-9-6-10(16)13(21-4-2)11(17)7-9/h6-8H,3-5H2,1-2H3/b12-8+. The molecule has 1 fully saturated rings. The quantitative estimate of drug-likeness (QED) is 0.705. The van der Waals surface area contributed by atoms with Gasteiger partial charge in [0.05, 0.1) is 21.6 Å². The van der Waals surface area contributed by atoms with Crippen LogP contribution in [0.1, 0.15) is 25.8 Å². The molecule has 1 aromatic rings. The average molecular weight is 360 g/mol. The van der Waals surface area contributed by atoms with E-state index >= 15 is 0 Å². The molecule has 1 aliphatic rings. The topological polar surface area (TPSA) is 46.6 Å². The van der Waals surface area contributed by atoms with Gasteiger partial charge in [-0.2, -0.15) is 0 Å². The summed E-state index contributed by atoms with van der Waals surface area (Å²) in [5, 5.41) is 0.489. The zero-order chi connectivity index (χ0) is 16.3. The maximum absolute atomic E-state index is 12.2. The van der Waals surface area contributed by atoms with Gasteiger partial charge in [-0.25, -0.2) is 0 Å². The van der Waals surface area contributed by atoms with Gasteiger partial charge in [0.1, 0.15) is 0 Å². The van der Waals surface area contributed by atoms with Crippen LogP contribution in [0.3, 0.4) is 0 Å². The van der Waals surface area contributed by atoms with Gasteiger partial charge in [0.2, 0.25) is 0 Å². The minimum absolute atomic E-state index is 0.249. The Hall–Kier alpha value is -1.17. The first-order valence-electron chi connectivity index (χ1n) is 6.85. The molecule has 0 bridgehead atoms. The van der Waals surface area contributed by atoms with Gasteiger partial charge < -0.3 is 4.74 Å². The van der Waals surface area contributed by atoms with E-state index in [0.29, 0.717) is 39.4 Å². The molecule has 2 amide bonds. The summed E-state index contributed by atoms with van der Waals surface area (Å²) in [5.41, 5.74) is 0.653. The highest BCUT2D eigenvalue weighted by atomic mass is 35.5. The number of carbonyl (C=O) groups is 2. The van der Waals surface area contributed by atoms with Gasteiger partial charge in [0.25, 0.3) is 11.1 Å². The number of thioether (sulfide) groups is 1. The van der Waals surface area contributed by atoms with Crippen LogP contribution in [0.15, 0.2) is 17.0 Å². The van der Waals surface area contributed by atoms with Crippen LogP contribution in [-0.2, 0) is 4.79 Å². The molecule has 0 saturated carbocycles. The molecular weight excluding hydrogens is 345 g/mol. The molecule has 22 heavy (non-hydrogen) atoms. The fraction of sp³-hybridized carbons (Fsp3) is 0.333. The van der Waals surface area contributed by atoms with Crippen molar-refractivity contribution >= 4 is 52.2 Å². The molecular formula is C15H15Cl2NO3S. The molecule has 0 N–H and O–H groups in total. The maximum atomic E-state index is 12.2. The molecule has 0 unspecified atom stereocenters. The first-order valence-corrected chi connectivity index (χ1v) is 8.42. The van der Waals surface area contributed by atoms with Crippen molar-refractivity contribution in [2.24, 2.45) is 0 Å². The van der Waals surface area contributed by atoms with Crippen LogP contribution in [0.5, 0.6) is 5.75 Å². The second-order valence-corrected chi connectivity index (χ2v) is 6.39. The normalized spacial score (nSPS) is 16.7. The number of ether oxygens (including phenoxy) is 1. The summed E-state index contributed by atoms with van der Waals surface area (Å²) < 4.78 is 5.36. The summed E-state index contributed by atoms with van der Waals surface area (Å²) in [7, 11) is 0. The van der Waals surface area contributed by atoms with Crippen LogP contribution in [0.25, 0.3) is 6.08 Å². The van der Waals surface area contributed by atoms with Crippen LogP contribution in [-0.4, -0.2) is 29.2 Å². The Morgan fingerprint density at radius 3 is 2.41 bits per heavy atom. The summed E-state index contributed by atoms with van der Waals surface area (Å²) in [5.74, 6) is 0.139. The number of benzene rings is 1. The van der Waals surface area contributed by atoms with Gasteiger partial charge in [-0.3, -0.25) is 14.5 Å². The molecule has 0 aromatic heterocycles. The van der Waals surface area contributed by atoms with Crippen molar-refractivity contribution < 1.29 is 14.3 Å². The number of amides is 2. The van der Waals surface area contributed by atoms with Gasteiger partial charge in [-0.05, 0) is 48.9 Å². The van der Waals surface area contributed by atoms with Crippen molar-refractivity contribution in [2.75, 3.05) is 13.2 Å². The number of hydrogen-bond acceptors (Lipinski definition) is 4. The second-order valence-electron chi connectivity index (χ2n) is 4.58. The molecule has 2 rings (SSSR count). The highest BCUT2D eigenvalue weighted by Crippen LogP contribution is 2.37. The van der Waals surface area contributed by atoms with Crippen LogP contribution in [0, 0.1) is 0 Å². The van der Waals surface area contributed by atoms with E-state index in [1.165, 1.54) is 4.90 Å². The van der Waals surface area contributed by atoms with E-state index in [9.17, 15) is 9.59 Å². The highest BCUT2D eigenvalue weighted by Gasteiger charge is 2.34. The Labute approximate surface area is 143 Å². The summed E-state index contributed by atoms with van der Waals surface area (Å²) in [6, 6.07) is 3.32. The second kappa shape index (κ2) is 7.40. The first-order chi connectivity index (χ1) is 10.5. The number of carbonyl (C=O) groups excluding carboxylic acids is 2. The molecule has 1 heterocycles. The fourth-order valence-corrected chi connectivity index (χ4v) is 3.49. The lowest BCUT2D eigenvalue weighted by molar-refractivity contribution is -0.122. The predicted molar refractivity (Wildman–Crippen MR) is 90.6 cm³/mol. The first kappa shape index (κ1) is 17.2. The molecule has 1 aromatic carbocycles. The van der Waals surface area contributed by atoms with Crippen molar-refractivity contribution in [3.63, 3.8) is 0 Å². The SMILES string of the molecule is CCCN1C(=O)S/C(=C/c2cc(Cl)c(OCC)c(Cl)c2)C1=O. The Balaban J connectivity index is 2.30. The van der Waals surface area contributed by atoms with Crippen LogP contribution in [0.4, 0.5) is 4.79 Å². The average Bonchev–Trinajstić information content (AvgIpc) is 2.71. The molecule has 0 aliphatic carbocycles. The number of imide groups is 1. The molecule has 1 saturated heterocycles. The van der Waals surface area contributed by atoms with E-state index in [1.54, 1.807) is 18.2 Å². The van der Waals surface area contributed by atoms with E-state index in [2.05, 4.69) is 0 Å². The molecule has 0 radical (unpaired) electrons. The Bertz CT molecular complexity index is 623. The Kier molecular flexibility index (Phi) is 5.78. The summed E-state index contributed by atoms with van der Waals surface area (Å²) in [6.45, 7) is 4.63. The zero-order valence-electron chi connectivity index (χ0n) is 12.2. The minimum Gasteiger partial charge on any atom is -0.491 e. The van der Waals surface area contributed by atoms with E-state index in [4.69, 9.17) is 27.9 Å². The van der Waals surface area contributed by atoms with Crippen molar-refractivity contribution in [3.8, 4) is 5.75 Å². The van der Waals surface area contributed by atoms with Gasteiger partial charge >= 0.3 is 0 Å². The molecule has 118 valence electrons. The van der Waals surface area contributed by atoms with E-state index in [-0.39, 0.29) is 11.1 Å². The van der Waals surface area contributed by atoms with Crippen LogP contribution < -0.4 is 4.74 Å². The lowest BCUT2D eigenvalue weighted by Gasteiger charge is -2.10. The maximum Gasteiger partial charge on any atom is 0.293 e. The van der Waals surface area contributed by atoms with Gasteiger partial charge in [0, 0.05) is 6.54 Å². The summed E-state index contributed by atoms with van der Waals surface area (Å²) >= 11 is 13.2. The lowest BCUT2D eigenvalue weighted by atomic mass is 10.2. The molecule has 4 nitrogen and oxygen atoms in total. The van der Waals surface area contributed by atoms with Crippen LogP contribution in [0.2, 0.25) is 10.0 Å². The third-order valence-corrected chi connectivity index (χ3v) is 4.40. The predicted octanol–water partition coefficient (Wildman–Crippen LogP) is 4.84. The summed E-state index contributed by atoms with van der Waals surface area (Å²) in [6.07, 6.45) is 2.35. The van der Waals surface area contributed by atoms with Crippen molar-refractivity contribution in [2.45, 2.75) is 20.3 Å². The van der Waals surface area contributed by atoms with E-state index in [1.807, 2.05) is 13.8 Å². The molecule has 1 aliphatic heterocycles. The summed E-state index contributed by atoms with van der Waals surface area (Å²) in [4.78, 5) is 25.6. The molecule has 0 spiro atoms. The fourth-order valence-electron chi connectivity index (χ4n) is 2.01. The van der Waals surface area contributed by atoms with Crippen molar-refractivity contribution in [3.05, 3.63) is 32.6 Å². The smallest absolute Gasteiger partial charge is 0.293 e. The third-order valence-electron chi connectivity index (χ3n) is 2.93. The lowest BCUT2D eigenvalue weighted by Crippen LogP contribution is -2.28. The van der Waals surface area contributed by atoms with E-state index < -0.39 is 0 Å². The highest BCUT2D eigenvalue weighted by molar-refractivity contribution is 8.18. The number of rotatable bonds is 5. The molecule has 7 heteroatoms. The van der Waals surface area contributed by atoms with Gasteiger partial charge in [0.15, 0.2) is 5.75 Å². The number of halogens is 2. The zero-order valence-corrected chi connectivity index (χ0v) is 14.5. The third kappa shape index (κ3) is 3.59. The largest absolute Gasteiger partial charge is 0.491 e. The van der Waals surface area contributed by atoms with Gasteiger partial charge in [-0.15, -0.1) is 0 Å². The van der Waals surface area contributed by atoms with Gasteiger partial charge in [-0.1, -0.05) is 30.1 Å². The number of hydrogen-bond donors (Lipinski definition) is 0. The van der Waals surface area contributed by atoms with Crippen molar-refractivity contribution in [1.82, 2.24) is 4.90 Å². The molecule has 0 atom stereocenters. The Morgan fingerprint density at radius 1 is 1.23 bits per heavy atom. The van der Waals surface area contributed by atoms with E-state index in [0.717, 1.165) is 18.2 Å². The monoisotopic (exact) mass is 359 g/mol. The Morgan fingerprint density at radius 2 is 1.86 bits per heavy atom. The van der Waals surface area contributed by atoms with Crippen LogP contribution >= 0.6 is 35.0 Å².